The number of hydrogen-bond donors (Lipinski definition) is 1. The summed E-state index contributed by atoms with van der Waals surface area (Å²) in [6.45, 7) is 0. The van der Waals surface area contributed by atoms with E-state index in [1.165, 1.54) is 16.7 Å². The van der Waals surface area contributed by atoms with E-state index in [1.54, 1.807) is 6.07 Å². The van der Waals surface area contributed by atoms with Crippen LogP contribution in [0.3, 0.4) is 0 Å². The predicted molar refractivity (Wildman–Crippen MR) is 102 cm³/mol. The predicted octanol–water partition coefficient (Wildman–Crippen LogP) is 3.57. The summed E-state index contributed by atoms with van der Waals surface area (Å²) in [7, 11) is 0. The van der Waals surface area contributed by atoms with Gasteiger partial charge in [0.15, 0.2) is 0 Å². The van der Waals surface area contributed by atoms with E-state index in [4.69, 9.17) is 5.73 Å². The van der Waals surface area contributed by atoms with Crippen molar-refractivity contribution in [3.8, 4) is 11.1 Å². The molecule has 1 aliphatic rings. The van der Waals surface area contributed by atoms with Gasteiger partial charge in [-0.3, -0.25) is 4.79 Å². The van der Waals surface area contributed by atoms with Crippen LogP contribution in [-0.4, -0.2) is 10.6 Å². The lowest BCUT2D eigenvalue weighted by molar-refractivity contribution is 0.335. The highest BCUT2D eigenvalue weighted by molar-refractivity contribution is 5.63. The summed E-state index contributed by atoms with van der Waals surface area (Å²) in [6.07, 6.45) is 2.57. The van der Waals surface area contributed by atoms with E-state index in [2.05, 4.69) is 48.5 Å². The van der Waals surface area contributed by atoms with Gasteiger partial charge in [-0.1, -0.05) is 60.7 Å². The fourth-order valence-corrected chi connectivity index (χ4v) is 3.81. The quantitative estimate of drug-likeness (QED) is 0.798. The van der Waals surface area contributed by atoms with E-state index in [1.807, 2.05) is 22.8 Å². The maximum Gasteiger partial charge on any atom is 0.251 e. The smallest absolute Gasteiger partial charge is 0.251 e. The Morgan fingerprint density at radius 3 is 2.52 bits per heavy atom. The van der Waals surface area contributed by atoms with Gasteiger partial charge < -0.3 is 10.3 Å². The lowest BCUT2D eigenvalue weighted by atomic mass is 9.90. The van der Waals surface area contributed by atoms with Gasteiger partial charge in [-0.05, 0) is 42.0 Å². The van der Waals surface area contributed by atoms with E-state index in [9.17, 15) is 4.79 Å². The van der Waals surface area contributed by atoms with Gasteiger partial charge in [0.05, 0.1) is 6.04 Å². The van der Waals surface area contributed by atoms with E-state index in [-0.39, 0.29) is 17.6 Å². The van der Waals surface area contributed by atoms with Crippen LogP contribution >= 0.6 is 0 Å². The molecular formula is C22H22N2O. The van der Waals surface area contributed by atoms with Crippen LogP contribution in [0, 0.1) is 0 Å². The van der Waals surface area contributed by atoms with Gasteiger partial charge in [0.1, 0.15) is 0 Å². The number of rotatable bonds is 3. The van der Waals surface area contributed by atoms with Crippen LogP contribution in [0.15, 0.2) is 77.6 Å². The molecule has 0 aliphatic carbocycles. The van der Waals surface area contributed by atoms with Crippen molar-refractivity contribution in [1.82, 2.24) is 4.57 Å². The molecule has 2 aromatic carbocycles. The maximum atomic E-state index is 12.4. The molecule has 2 atom stereocenters. The summed E-state index contributed by atoms with van der Waals surface area (Å²) >= 11 is 0. The van der Waals surface area contributed by atoms with Crippen LogP contribution in [0.25, 0.3) is 11.1 Å². The number of pyridine rings is 1. The first-order valence-electron chi connectivity index (χ1n) is 8.83. The van der Waals surface area contributed by atoms with Crippen molar-refractivity contribution in [2.45, 2.75) is 31.3 Å². The first-order chi connectivity index (χ1) is 12.2. The second kappa shape index (κ2) is 6.69. The normalized spacial score (nSPS) is 19.4. The zero-order valence-corrected chi connectivity index (χ0v) is 14.1. The van der Waals surface area contributed by atoms with E-state index >= 15 is 0 Å². The highest BCUT2D eigenvalue weighted by Gasteiger charge is 2.27. The molecule has 4 rings (SSSR count). The van der Waals surface area contributed by atoms with Gasteiger partial charge >= 0.3 is 0 Å². The van der Waals surface area contributed by atoms with E-state index in [0.717, 1.165) is 25.0 Å². The van der Waals surface area contributed by atoms with Crippen molar-refractivity contribution in [1.29, 1.82) is 0 Å². The van der Waals surface area contributed by atoms with E-state index < -0.39 is 0 Å². The Morgan fingerprint density at radius 2 is 1.68 bits per heavy atom. The molecule has 0 saturated heterocycles. The van der Waals surface area contributed by atoms with Crippen LogP contribution < -0.4 is 11.3 Å². The van der Waals surface area contributed by atoms with Crippen LogP contribution in [0.1, 0.15) is 23.7 Å². The number of aromatic nitrogens is 1. The van der Waals surface area contributed by atoms with Gasteiger partial charge in [-0.25, -0.2) is 0 Å². The van der Waals surface area contributed by atoms with Crippen molar-refractivity contribution < 1.29 is 0 Å². The van der Waals surface area contributed by atoms with Crippen LogP contribution in [0.2, 0.25) is 0 Å². The second-order valence-electron chi connectivity index (χ2n) is 6.77. The molecule has 0 unspecified atom stereocenters. The number of hydrogen-bond acceptors (Lipinski definition) is 2. The van der Waals surface area contributed by atoms with Gasteiger partial charge in [-0.15, -0.1) is 0 Å². The summed E-state index contributed by atoms with van der Waals surface area (Å²) in [5.74, 6) is 0. The number of nitrogens with two attached hydrogens (primary N) is 1. The summed E-state index contributed by atoms with van der Waals surface area (Å²) < 4.78 is 1.91. The maximum absolute atomic E-state index is 12.4. The van der Waals surface area contributed by atoms with Crippen LogP contribution in [0.4, 0.5) is 0 Å². The summed E-state index contributed by atoms with van der Waals surface area (Å²) in [4.78, 5) is 12.4. The number of fused-ring (bicyclic) bond motifs is 1. The zero-order chi connectivity index (χ0) is 17.2. The zero-order valence-electron chi connectivity index (χ0n) is 14.1. The molecule has 3 heteroatoms. The van der Waals surface area contributed by atoms with Gasteiger partial charge in [0.2, 0.25) is 0 Å². The molecule has 1 aromatic heterocycles. The lowest BCUT2D eigenvalue weighted by Crippen LogP contribution is -2.43. The molecule has 0 amide bonds. The summed E-state index contributed by atoms with van der Waals surface area (Å²) in [5.41, 5.74) is 11.2. The molecule has 1 aliphatic heterocycles. The minimum Gasteiger partial charge on any atom is -0.326 e. The molecule has 126 valence electrons. The minimum atomic E-state index is 0.00739. The molecule has 25 heavy (non-hydrogen) atoms. The average Bonchev–Trinajstić information content (AvgIpc) is 2.65. The monoisotopic (exact) mass is 330 g/mol. The Morgan fingerprint density at radius 1 is 0.920 bits per heavy atom. The minimum absolute atomic E-state index is 0.00739. The van der Waals surface area contributed by atoms with E-state index in [0.29, 0.717) is 0 Å². The van der Waals surface area contributed by atoms with Gasteiger partial charge in [-0.2, -0.15) is 0 Å². The van der Waals surface area contributed by atoms with Crippen molar-refractivity contribution in [2.24, 2.45) is 5.73 Å². The molecule has 2 heterocycles. The molecular weight excluding hydrogens is 308 g/mol. The molecule has 0 spiro atoms. The third-order valence-electron chi connectivity index (χ3n) is 5.11. The van der Waals surface area contributed by atoms with Gasteiger partial charge in [0, 0.05) is 17.8 Å². The number of nitrogens with zero attached hydrogens (tertiary/aromatic N) is 1. The van der Waals surface area contributed by atoms with Crippen LogP contribution in [-0.2, 0) is 12.8 Å². The highest BCUT2D eigenvalue weighted by atomic mass is 16.1. The molecule has 0 fully saturated rings. The third-order valence-corrected chi connectivity index (χ3v) is 5.11. The topological polar surface area (TPSA) is 48.0 Å². The Hall–Kier alpha value is -2.65. The van der Waals surface area contributed by atoms with Crippen molar-refractivity contribution >= 4 is 0 Å². The van der Waals surface area contributed by atoms with Crippen molar-refractivity contribution in [3.63, 3.8) is 0 Å². The molecule has 0 bridgehead atoms. The lowest BCUT2D eigenvalue weighted by Gasteiger charge is -2.33. The molecule has 3 nitrogen and oxygen atoms in total. The standard InChI is InChI=1S/C22H22N2O/c23-20-13-12-19-10-5-11-22(25)24(19)21(20)15-16-6-4-9-18(14-16)17-7-2-1-3-8-17/h1-11,14,20-21H,12-13,15,23H2/t20-,21-/m0/s1. The Balaban J connectivity index is 1.68. The largest absolute Gasteiger partial charge is 0.326 e. The first-order valence-corrected chi connectivity index (χ1v) is 8.83. The average molecular weight is 330 g/mol. The van der Waals surface area contributed by atoms with Crippen molar-refractivity contribution in [3.05, 3.63) is 94.4 Å². The Bertz CT molecular complexity index is 930. The van der Waals surface area contributed by atoms with Crippen LogP contribution in [0.5, 0.6) is 0 Å². The molecule has 2 N–H and O–H groups in total. The Labute approximate surface area is 147 Å². The molecule has 0 saturated carbocycles. The Kier molecular flexibility index (Phi) is 4.24. The highest BCUT2D eigenvalue weighted by Crippen LogP contribution is 2.27. The second-order valence-corrected chi connectivity index (χ2v) is 6.77. The number of aryl methyl sites for hydroxylation is 1. The fourth-order valence-electron chi connectivity index (χ4n) is 3.81. The summed E-state index contributed by atoms with van der Waals surface area (Å²) in [6, 6.07) is 24.5. The van der Waals surface area contributed by atoms with Crippen molar-refractivity contribution in [2.75, 3.05) is 0 Å². The molecule has 0 radical (unpaired) electrons. The molecule has 3 aromatic rings. The fraction of sp³-hybridized carbons (Fsp3) is 0.227. The SMILES string of the molecule is N[C@H]1CCc2cccc(=O)n2[C@H]1Cc1cccc(-c2ccccc2)c1. The third kappa shape index (κ3) is 3.15. The van der Waals surface area contributed by atoms with Gasteiger partial charge in [0.25, 0.3) is 5.56 Å². The first kappa shape index (κ1) is 15.9. The summed E-state index contributed by atoms with van der Waals surface area (Å²) in [5, 5.41) is 0. The number of benzene rings is 2.